The summed E-state index contributed by atoms with van der Waals surface area (Å²) in [6.07, 6.45) is 0. The van der Waals surface area contributed by atoms with Crippen molar-refractivity contribution in [3.05, 3.63) is 65.2 Å². The first kappa shape index (κ1) is 15.0. The summed E-state index contributed by atoms with van der Waals surface area (Å²) in [6.45, 7) is 2.36. The highest BCUT2D eigenvalue weighted by Crippen LogP contribution is 2.12. The highest BCUT2D eigenvalue weighted by molar-refractivity contribution is 5.80. The first-order valence-corrected chi connectivity index (χ1v) is 6.55. The van der Waals surface area contributed by atoms with Crippen molar-refractivity contribution >= 4 is 11.6 Å². The van der Waals surface area contributed by atoms with Crippen LogP contribution in [0.3, 0.4) is 0 Å². The molecule has 0 atom stereocenters. The second-order valence-electron chi connectivity index (χ2n) is 4.77. The van der Waals surface area contributed by atoms with Gasteiger partial charge in [0.2, 0.25) is 5.91 Å². The SMILES string of the molecule is Cc1ccc(CNC(=O)CNc2cc(F)cc(F)c2)cc1. The van der Waals surface area contributed by atoms with E-state index in [0.29, 0.717) is 6.54 Å². The maximum atomic E-state index is 13.0. The lowest BCUT2D eigenvalue weighted by atomic mass is 10.1. The van der Waals surface area contributed by atoms with E-state index in [4.69, 9.17) is 0 Å². The second kappa shape index (κ2) is 6.83. The Hall–Kier alpha value is -2.43. The van der Waals surface area contributed by atoms with Gasteiger partial charge in [-0.1, -0.05) is 29.8 Å². The third-order valence-corrected chi connectivity index (χ3v) is 2.93. The van der Waals surface area contributed by atoms with Gasteiger partial charge in [-0.25, -0.2) is 8.78 Å². The van der Waals surface area contributed by atoms with Crippen LogP contribution in [0.25, 0.3) is 0 Å². The van der Waals surface area contributed by atoms with E-state index in [2.05, 4.69) is 10.6 Å². The van der Waals surface area contributed by atoms with Crippen LogP contribution in [0, 0.1) is 18.6 Å². The molecule has 3 nitrogen and oxygen atoms in total. The fraction of sp³-hybridized carbons (Fsp3) is 0.188. The molecular weight excluding hydrogens is 274 g/mol. The molecule has 1 amide bonds. The van der Waals surface area contributed by atoms with Crippen LogP contribution in [0.1, 0.15) is 11.1 Å². The number of anilines is 1. The molecular formula is C16H16F2N2O. The van der Waals surface area contributed by atoms with Gasteiger partial charge in [-0.3, -0.25) is 4.79 Å². The molecule has 0 aliphatic carbocycles. The molecule has 0 aliphatic heterocycles. The first-order valence-electron chi connectivity index (χ1n) is 6.55. The third kappa shape index (κ3) is 4.87. The Balaban J connectivity index is 1.80. The van der Waals surface area contributed by atoms with Crippen LogP contribution in [-0.4, -0.2) is 12.5 Å². The van der Waals surface area contributed by atoms with Crippen molar-refractivity contribution in [1.29, 1.82) is 0 Å². The van der Waals surface area contributed by atoms with Crippen LogP contribution in [-0.2, 0) is 11.3 Å². The number of carbonyl (C=O) groups is 1. The number of hydrogen-bond acceptors (Lipinski definition) is 2. The average molecular weight is 290 g/mol. The molecule has 0 aliphatic rings. The normalized spacial score (nSPS) is 10.2. The van der Waals surface area contributed by atoms with Gasteiger partial charge in [0, 0.05) is 18.3 Å². The van der Waals surface area contributed by atoms with Crippen molar-refractivity contribution in [3.8, 4) is 0 Å². The Morgan fingerprint density at radius 3 is 2.29 bits per heavy atom. The molecule has 2 aromatic rings. The van der Waals surface area contributed by atoms with E-state index in [1.807, 2.05) is 31.2 Å². The maximum absolute atomic E-state index is 13.0. The molecule has 21 heavy (non-hydrogen) atoms. The van der Waals surface area contributed by atoms with Gasteiger partial charge in [0.1, 0.15) is 11.6 Å². The van der Waals surface area contributed by atoms with Gasteiger partial charge in [0.15, 0.2) is 0 Å². The first-order chi connectivity index (χ1) is 10.0. The van der Waals surface area contributed by atoms with Crippen LogP contribution < -0.4 is 10.6 Å². The molecule has 0 bridgehead atoms. The Morgan fingerprint density at radius 2 is 1.67 bits per heavy atom. The van der Waals surface area contributed by atoms with E-state index in [0.717, 1.165) is 29.3 Å². The van der Waals surface area contributed by atoms with Gasteiger partial charge in [0.25, 0.3) is 0 Å². The largest absolute Gasteiger partial charge is 0.376 e. The standard InChI is InChI=1S/C16H16F2N2O/c1-11-2-4-12(5-3-11)9-20-16(21)10-19-15-7-13(17)6-14(18)8-15/h2-8,19H,9-10H2,1H3,(H,20,21). The number of rotatable bonds is 5. The molecule has 0 heterocycles. The summed E-state index contributed by atoms with van der Waals surface area (Å²) in [6, 6.07) is 10.9. The maximum Gasteiger partial charge on any atom is 0.239 e. The fourth-order valence-electron chi connectivity index (χ4n) is 1.81. The van der Waals surface area contributed by atoms with Crippen LogP contribution in [0.5, 0.6) is 0 Å². The predicted octanol–water partition coefficient (Wildman–Crippen LogP) is 3.00. The van der Waals surface area contributed by atoms with Crippen molar-refractivity contribution in [2.24, 2.45) is 0 Å². The number of aryl methyl sites for hydroxylation is 1. The number of nitrogens with one attached hydrogen (secondary N) is 2. The topological polar surface area (TPSA) is 41.1 Å². The lowest BCUT2D eigenvalue weighted by Gasteiger charge is -2.08. The summed E-state index contributed by atoms with van der Waals surface area (Å²) in [5.41, 5.74) is 2.38. The molecule has 110 valence electrons. The van der Waals surface area contributed by atoms with Crippen LogP contribution in [0.2, 0.25) is 0 Å². The van der Waals surface area contributed by atoms with Crippen molar-refractivity contribution in [3.63, 3.8) is 0 Å². The van der Waals surface area contributed by atoms with Crippen LogP contribution in [0.4, 0.5) is 14.5 Å². The van der Waals surface area contributed by atoms with E-state index < -0.39 is 11.6 Å². The van der Waals surface area contributed by atoms with Gasteiger partial charge in [0.05, 0.1) is 6.54 Å². The van der Waals surface area contributed by atoms with E-state index in [9.17, 15) is 13.6 Å². The van der Waals surface area contributed by atoms with Gasteiger partial charge >= 0.3 is 0 Å². The minimum Gasteiger partial charge on any atom is -0.376 e. The van der Waals surface area contributed by atoms with Crippen molar-refractivity contribution in [2.45, 2.75) is 13.5 Å². The number of halogens is 2. The van der Waals surface area contributed by atoms with E-state index in [1.54, 1.807) is 0 Å². The third-order valence-electron chi connectivity index (χ3n) is 2.93. The molecule has 2 N–H and O–H groups in total. The molecule has 0 spiro atoms. The second-order valence-corrected chi connectivity index (χ2v) is 4.77. The van der Waals surface area contributed by atoms with Crippen molar-refractivity contribution in [2.75, 3.05) is 11.9 Å². The molecule has 2 rings (SSSR count). The summed E-state index contributed by atoms with van der Waals surface area (Å²) >= 11 is 0. The summed E-state index contributed by atoms with van der Waals surface area (Å²) in [7, 11) is 0. The van der Waals surface area contributed by atoms with Crippen molar-refractivity contribution < 1.29 is 13.6 Å². The molecule has 0 fully saturated rings. The zero-order valence-corrected chi connectivity index (χ0v) is 11.6. The smallest absolute Gasteiger partial charge is 0.239 e. The summed E-state index contributed by atoms with van der Waals surface area (Å²) < 4.78 is 25.9. The van der Waals surface area contributed by atoms with Gasteiger partial charge < -0.3 is 10.6 Å². The lowest BCUT2D eigenvalue weighted by Crippen LogP contribution is -2.29. The summed E-state index contributed by atoms with van der Waals surface area (Å²) in [4.78, 5) is 11.7. The molecule has 0 unspecified atom stereocenters. The average Bonchev–Trinajstić information content (AvgIpc) is 2.43. The predicted molar refractivity (Wildman–Crippen MR) is 77.9 cm³/mol. The van der Waals surface area contributed by atoms with E-state index in [-0.39, 0.29) is 18.1 Å². The molecule has 5 heteroatoms. The Kier molecular flexibility index (Phi) is 4.87. The van der Waals surface area contributed by atoms with E-state index in [1.165, 1.54) is 0 Å². The van der Waals surface area contributed by atoms with Crippen LogP contribution >= 0.6 is 0 Å². The Bertz CT molecular complexity index is 606. The van der Waals surface area contributed by atoms with Gasteiger partial charge in [-0.15, -0.1) is 0 Å². The Labute approximate surface area is 122 Å². The minimum absolute atomic E-state index is 0.0469. The highest BCUT2D eigenvalue weighted by Gasteiger charge is 2.04. The molecule has 0 saturated carbocycles. The van der Waals surface area contributed by atoms with Gasteiger partial charge in [-0.2, -0.15) is 0 Å². The Morgan fingerprint density at radius 1 is 1.05 bits per heavy atom. The molecule has 0 saturated heterocycles. The molecule has 0 aromatic heterocycles. The lowest BCUT2D eigenvalue weighted by molar-refractivity contribution is -0.119. The van der Waals surface area contributed by atoms with Crippen LogP contribution in [0.15, 0.2) is 42.5 Å². The number of hydrogen-bond donors (Lipinski definition) is 2. The monoisotopic (exact) mass is 290 g/mol. The highest BCUT2D eigenvalue weighted by atomic mass is 19.1. The molecule has 2 aromatic carbocycles. The van der Waals surface area contributed by atoms with E-state index >= 15 is 0 Å². The summed E-state index contributed by atoms with van der Waals surface area (Å²) in [5, 5.41) is 5.41. The molecule has 0 radical (unpaired) electrons. The number of benzene rings is 2. The number of amides is 1. The van der Waals surface area contributed by atoms with Gasteiger partial charge in [-0.05, 0) is 24.6 Å². The minimum atomic E-state index is -0.683. The zero-order valence-electron chi connectivity index (χ0n) is 11.6. The zero-order chi connectivity index (χ0) is 15.2. The quantitative estimate of drug-likeness (QED) is 0.889. The van der Waals surface area contributed by atoms with Crippen molar-refractivity contribution in [1.82, 2.24) is 5.32 Å². The summed E-state index contributed by atoms with van der Waals surface area (Å²) in [5.74, 6) is -1.62. The number of carbonyl (C=O) groups excluding carboxylic acids is 1. The fourth-order valence-corrected chi connectivity index (χ4v) is 1.81.